The van der Waals surface area contributed by atoms with Gasteiger partial charge in [0.15, 0.2) is 12.5 Å². The predicted octanol–water partition coefficient (Wildman–Crippen LogP) is 6.85. The van der Waals surface area contributed by atoms with Gasteiger partial charge in [-0.3, -0.25) is 9.59 Å². The van der Waals surface area contributed by atoms with Gasteiger partial charge in [0.1, 0.15) is 17.2 Å². The van der Waals surface area contributed by atoms with Crippen molar-refractivity contribution in [1.29, 1.82) is 0 Å². The number of amidine groups is 1. The molecule has 2 aromatic rings. The van der Waals surface area contributed by atoms with Crippen LogP contribution in [0.3, 0.4) is 0 Å². The van der Waals surface area contributed by atoms with Crippen molar-refractivity contribution in [2.75, 3.05) is 18.5 Å². The number of amides is 2. The summed E-state index contributed by atoms with van der Waals surface area (Å²) in [4.78, 5) is 43.1. The average Bonchev–Trinajstić information content (AvgIpc) is 3.48. The third-order valence-corrected chi connectivity index (χ3v) is 8.02. The second-order valence-electron chi connectivity index (χ2n) is 11.9. The Morgan fingerprint density at radius 3 is 2.40 bits per heavy atom. The molecule has 9 nitrogen and oxygen atoms in total. The first-order valence-corrected chi connectivity index (χ1v) is 15.0. The van der Waals surface area contributed by atoms with Gasteiger partial charge in [0, 0.05) is 36.1 Å². The van der Waals surface area contributed by atoms with Crippen molar-refractivity contribution >= 4 is 45.2 Å². The molecule has 1 heterocycles. The van der Waals surface area contributed by atoms with Gasteiger partial charge in [-0.05, 0) is 117 Å². The minimum Gasteiger partial charge on any atom is -0.444 e. The number of nitrogens with zero attached hydrogens (tertiary/aromatic N) is 3. The van der Waals surface area contributed by atoms with Crippen LogP contribution in [0.1, 0.15) is 64.0 Å². The molecule has 0 unspecified atom stereocenters. The molecular weight excluding hydrogens is 605 g/mol. The summed E-state index contributed by atoms with van der Waals surface area (Å²) >= 11 is 3.17. The molecule has 2 N–H and O–H groups in total. The Labute approximate surface area is 253 Å². The number of halogens is 2. The number of nitrogens with one attached hydrogen (secondary N) is 2. The average molecular weight is 643 g/mol. The van der Waals surface area contributed by atoms with Crippen LogP contribution < -0.4 is 10.6 Å². The van der Waals surface area contributed by atoms with E-state index in [0.29, 0.717) is 47.6 Å². The predicted molar refractivity (Wildman–Crippen MR) is 162 cm³/mol. The molecule has 1 saturated carbocycles. The maximum Gasteiger partial charge on any atom is 0.407 e. The number of carbonyl (C=O) groups excluding carboxylic acids is 3. The molecule has 0 radical (unpaired) electrons. The topological polar surface area (TPSA) is 122 Å². The molecular formula is C31H37BrFN5O4. The van der Waals surface area contributed by atoms with Crippen molar-refractivity contribution in [3.63, 3.8) is 0 Å². The number of ketones is 1. The van der Waals surface area contributed by atoms with E-state index in [-0.39, 0.29) is 36.4 Å². The molecule has 0 aromatic heterocycles. The molecule has 0 bridgehead atoms. The van der Waals surface area contributed by atoms with Gasteiger partial charge in [-0.25, -0.2) is 14.2 Å². The fourth-order valence-electron chi connectivity index (χ4n) is 5.17. The molecule has 4 rings (SSSR count). The van der Waals surface area contributed by atoms with Crippen molar-refractivity contribution in [2.45, 2.75) is 64.9 Å². The monoisotopic (exact) mass is 641 g/mol. The smallest absolute Gasteiger partial charge is 0.407 e. The van der Waals surface area contributed by atoms with E-state index in [9.17, 15) is 18.8 Å². The van der Waals surface area contributed by atoms with E-state index in [0.717, 1.165) is 18.4 Å². The zero-order valence-electron chi connectivity index (χ0n) is 24.2. The Balaban J connectivity index is 1.36. The molecule has 2 amide bonds. The minimum absolute atomic E-state index is 0.0336. The number of carbonyl (C=O) groups is 3. The number of anilines is 1. The molecule has 1 atom stereocenters. The quantitative estimate of drug-likeness (QED) is 0.295. The van der Waals surface area contributed by atoms with Gasteiger partial charge in [0.25, 0.3) is 0 Å². The normalized spacial score (nSPS) is 19.1. The zero-order chi connectivity index (χ0) is 30.3. The number of Topliss-reactive ketones (excluding diaryl/α,β-unsaturated/α-hetero) is 1. The highest BCUT2D eigenvalue weighted by Gasteiger charge is 2.31. The molecule has 0 spiro atoms. The summed E-state index contributed by atoms with van der Waals surface area (Å²) in [5.41, 5.74) is 1.46. The number of hydrogen-bond donors (Lipinski definition) is 2. The number of ether oxygens (including phenoxy) is 1. The fraction of sp³-hybridized carbons (Fsp3) is 0.484. The van der Waals surface area contributed by atoms with Crippen LogP contribution in [0.2, 0.25) is 0 Å². The van der Waals surface area contributed by atoms with Crippen molar-refractivity contribution < 1.29 is 23.5 Å². The lowest BCUT2D eigenvalue weighted by Crippen LogP contribution is -2.37. The van der Waals surface area contributed by atoms with Crippen molar-refractivity contribution in [2.24, 2.45) is 33.0 Å². The highest BCUT2D eigenvalue weighted by Crippen LogP contribution is 2.31. The first kappa shape index (κ1) is 31.5. The van der Waals surface area contributed by atoms with Crippen LogP contribution in [0.5, 0.6) is 0 Å². The number of rotatable bonds is 10. The fourth-order valence-corrected chi connectivity index (χ4v) is 5.42. The first-order chi connectivity index (χ1) is 20.0. The van der Waals surface area contributed by atoms with Gasteiger partial charge < -0.3 is 15.4 Å². The number of hydrogen-bond acceptors (Lipinski definition) is 7. The number of azo groups is 1. The summed E-state index contributed by atoms with van der Waals surface area (Å²) in [5, 5.41) is 13.6. The molecule has 224 valence electrons. The van der Waals surface area contributed by atoms with E-state index in [2.05, 4.69) is 41.8 Å². The highest BCUT2D eigenvalue weighted by molar-refractivity contribution is 9.10. The summed E-state index contributed by atoms with van der Waals surface area (Å²) in [5.74, 6) is -0.689. The van der Waals surface area contributed by atoms with Crippen LogP contribution in [0.4, 0.5) is 14.9 Å². The van der Waals surface area contributed by atoms with E-state index in [1.54, 1.807) is 36.4 Å². The van der Waals surface area contributed by atoms with Crippen molar-refractivity contribution in [3.05, 3.63) is 63.9 Å². The SMILES string of the molecule is CC(C)(C)OC(=O)NCC1CCC(C(=O)C[C@@H](Cc2ccc(Br)c(F)c2)C(=O)Nc2ccc(C3=NCN=N3)cc2)CC1. The lowest BCUT2D eigenvalue weighted by atomic mass is 9.77. The largest absolute Gasteiger partial charge is 0.444 e. The summed E-state index contributed by atoms with van der Waals surface area (Å²) in [6, 6.07) is 11.9. The highest BCUT2D eigenvalue weighted by atomic mass is 79.9. The first-order valence-electron chi connectivity index (χ1n) is 14.2. The van der Waals surface area contributed by atoms with Gasteiger partial charge in [-0.2, -0.15) is 5.11 Å². The third-order valence-electron chi connectivity index (χ3n) is 7.38. The van der Waals surface area contributed by atoms with Crippen LogP contribution in [-0.2, 0) is 20.7 Å². The molecule has 0 saturated heterocycles. The van der Waals surface area contributed by atoms with Crippen LogP contribution in [0, 0.1) is 23.6 Å². The van der Waals surface area contributed by atoms with Gasteiger partial charge in [0.2, 0.25) is 5.91 Å². The summed E-state index contributed by atoms with van der Waals surface area (Å²) in [7, 11) is 0. The maximum atomic E-state index is 14.3. The molecule has 2 aromatic carbocycles. The Kier molecular flexibility index (Phi) is 10.6. The molecule has 1 aliphatic carbocycles. The van der Waals surface area contributed by atoms with Crippen molar-refractivity contribution in [1.82, 2.24) is 5.32 Å². The summed E-state index contributed by atoms with van der Waals surface area (Å²) < 4.78 is 19.9. The third kappa shape index (κ3) is 9.27. The standard InChI is InChI=1S/C31H37BrFN5O4/c1-31(2,3)42-30(41)34-17-19-4-7-21(8-5-19)27(39)16-23(14-20-6-13-25(32)26(33)15-20)29(40)37-24-11-9-22(10-12-24)28-35-18-36-38-28/h6,9-13,15,19,21,23H,4-5,7-8,14,16-18H2,1-3H3,(H,34,41)(H,37,40)/t19?,21?,23-/m1/s1. The van der Waals surface area contributed by atoms with E-state index in [4.69, 9.17) is 4.74 Å². The lowest BCUT2D eigenvalue weighted by Gasteiger charge is -2.29. The molecule has 42 heavy (non-hydrogen) atoms. The second-order valence-corrected chi connectivity index (χ2v) is 12.7. The molecule has 1 aliphatic heterocycles. The Morgan fingerprint density at radius 2 is 1.79 bits per heavy atom. The molecule has 1 fully saturated rings. The van der Waals surface area contributed by atoms with Crippen LogP contribution >= 0.6 is 15.9 Å². The number of aliphatic imine (C=N–C) groups is 1. The van der Waals surface area contributed by atoms with Crippen LogP contribution in [0.25, 0.3) is 0 Å². The van der Waals surface area contributed by atoms with E-state index in [1.807, 2.05) is 20.8 Å². The lowest BCUT2D eigenvalue weighted by molar-refractivity contribution is -0.129. The Hall–Kier alpha value is -3.47. The van der Waals surface area contributed by atoms with Gasteiger partial charge >= 0.3 is 6.09 Å². The van der Waals surface area contributed by atoms with Gasteiger partial charge in [-0.1, -0.05) is 6.07 Å². The van der Waals surface area contributed by atoms with Crippen LogP contribution in [0.15, 0.2) is 62.2 Å². The minimum atomic E-state index is -0.669. The van der Waals surface area contributed by atoms with E-state index < -0.39 is 23.4 Å². The number of alkyl carbamates (subject to hydrolysis) is 1. The second kappa shape index (κ2) is 14.1. The van der Waals surface area contributed by atoms with E-state index >= 15 is 0 Å². The Bertz CT molecular complexity index is 1350. The van der Waals surface area contributed by atoms with E-state index in [1.165, 1.54) is 6.07 Å². The summed E-state index contributed by atoms with van der Waals surface area (Å²) in [6.07, 6.45) is 2.85. The van der Waals surface area contributed by atoms with Gasteiger partial charge in [-0.15, -0.1) is 5.11 Å². The number of benzene rings is 2. The van der Waals surface area contributed by atoms with Crippen LogP contribution in [-0.4, -0.2) is 42.4 Å². The Morgan fingerprint density at radius 1 is 1.07 bits per heavy atom. The molecule has 11 heteroatoms. The van der Waals surface area contributed by atoms with Gasteiger partial charge in [0.05, 0.1) is 4.47 Å². The van der Waals surface area contributed by atoms with Crippen molar-refractivity contribution in [3.8, 4) is 0 Å². The summed E-state index contributed by atoms with van der Waals surface area (Å²) in [6.45, 7) is 6.27. The maximum absolute atomic E-state index is 14.3. The molecule has 2 aliphatic rings. The zero-order valence-corrected chi connectivity index (χ0v) is 25.7.